The molecule has 1 aliphatic rings. The summed E-state index contributed by atoms with van der Waals surface area (Å²) in [6.45, 7) is 5.74. The van der Waals surface area contributed by atoms with E-state index in [2.05, 4.69) is 18.2 Å². The van der Waals surface area contributed by atoms with Crippen LogP contribution in [-0.4, -0.2) is 36.1 Å². The zero-order valence-electron chi connectivity index (χ0n) is 16.3. The highest BCUT2D eigenvalue weighted by Gasteiger charge is 2.26. The van der Waals surface area contributed by atoms with Gasteiger partial charge in [0.2, 0.25) is 0 Å². The van der Waals surface area contributed by atoms with Gasteiger partial charge in [-0.15, -0.1) is 0 Å². The molecule has 1 fully saturated rings. The maximum Gasteiger partial charge on any atom is 0.254 e. The van der Waals surface area contributed by atoms with Gasteiger partial charge < -0.3 is 14.4 Å². The summed E-state index contributed by atoms with van der Waals surface area (Å²) in [6, 6.07) is 22.0. The number of morpholine rings is 1. The molecule has 1 amide bonds. The molecule has 0 N–H and O–H groups in total. The van der Waals surface area contributed by atoms with E-state index < -0.39 is 0 Å². The van der Waals surface area contributed by atoms with E-state index >= 15 is 0 Å². The van der Waals surface area contributed by atoms with Crippen molar-refractivity contribution in [3.8, 4) is 5.75 Å². The van der Waals surface area contributed by atoms with Crippen LogP contribution in [0.3, 0.4) is 0 Å². The average Bonchev–Trinajstić information content (AvgIpc) is 2.71. The Morgan fingerprint density at radius 2 is 1.64 bits per heavy atom. The first kappa shape index (κ1) is 18.5. The highest BCUT2D eigenvalue weighted by Crippen LogP contribution is 2.26. The Hall–Kier alpha value is -2.85. The number of nitrogens with zero attached hydrogens (tertiary/aromatic N) is 1. The number of carbonyl (C=O) groups excluding carboxylic acids is 1. The van der Waals surface area contributed by atoms with E-state index in [-0.39, 0.29) is 18.1 Å². The summed E-state index contributed by atoms with van der Waals surface area (Å²) >= 11 is 0. The van der Waals surface area contributed by atoms with Crippen LogP contribution in [0.5, 0.6) is 5.75 Å². The SMILES string of the molecule is C[C@@H]1CN(C(=O)c2ccc(COc3cccc4ccccc34)cc2)C[C@@H](C)O1. The summed E-state index contributed by atoms with van der Waals surface area (Å²) in [7, 11) is 0. The van der Waals surface area contributed by atoms with E-state index in [1.807, 2.05) is 67.3 Å². The zero-order valence-corrected chi connectivity index (χ0v) is 16.3. The van der Waals surface area contributed by atoms with Gasteiger partial charge in [-0.05, 0) is 43.0 Å². The molecule has 0 spiro atoms. The van der Waals surface area contributed by atoms with Gasteiger partial charge in [-0.3, -0.25) is 4.79 Å². The lowest BCUT2D eigenvalue weighted by Crippen LogP contribution is -2.48. The Bertz CT molecular complexity index is 952. The third kappa shape index (κ3) is 4.02. The van der Waals surface area contributed by atoms with E-state index in [1.54, 1.807) is 0 Å². The second kappa shape index (κ2) is 8.03. The molecule has 3 aromatic carbocycles. The molecule has 0 radical (unpaired) electrons. The van der Waals surface area contributed by atoms with Crippen molar-refractivity contribution in [3.05, 3.63) is 77.9 Å². The monoisotopic (exact) mass is 375 g/mol. The van der Waals surface area contributed by atoms with E-state index in [4.69, 9.17) is 9.47 Å². The molecule has 0 bridgehead atoms. The maximum atomic E-state index is 12.8. The molecular weight excluding hydrogens is 350 g/mol. The summed E-state index contributed by atoms with van der Waals surface area (Å²) in [6.07, 6.45) is 0.141. The smallest absolute Gasteiger partial charge is 0.254 e. The highest BCUT2D eigenvalue weighted by atomic mass is 16.5. The Kier molecular flexibility index (Phi) is 5.31. The second-order valence-electron chi connectivity index (χ2n) is 7.43. The van der Waals surface area contributed by atoms with E-state index in [0.29, 0.717) is 25.3 Å². The van der Waals surface area contributed by atoms with E-state index in [0.717, 1.165) is 22.1 Å². The molecule has 2 atom stereocenters. The fraction of sp³-hybridized carbons (Fsp3) is 0.292. The number of hydrogen-bond acceptors (Lipinski definition) is 3. The standard InChI is InChI=1S/C24H25NO3/c1-17-14-25(15-18(2)28-17)24(26)21-12-10-19(11-13-21)16-27-23-9-5-7-20-6-3-4-8-22(20)23/h3-13,17-18H,14-16H2,1-2H3/t17-,18-/m1/s1. The first-order valence-electron chi connectivity index (χ1n) is 9.74. The molecule has 0 saturated carbocycles. The first-order chi connectivity index (χ1) is 13.6. The highest BCUT2D eigenvalue weighted by molar-refractivity contribution is 5.94. The van der Waals surface area contributed by atoms with Crippen LogP contribution in [0.25, 0.3) is 10.8 Å². The van der Waals surface area contributed by atoms with Crippen LogP contribution in [0.1, 0.15) is 29.8 Å². The number of hydrogen-bond donors (Lipinski definition) is 0. The van der Waals surface area contributed by atoms with Crippen molar-refractivity contribution in [3.63, 3.8) is 0 Å². The van der Waals surface area contributed by atoms with Crippen molar-refractivity contribution in [1.82, 2.24) is 4.90 Å². The lowest BCUT2D eigenvalue weighted by molar-refractivity contribution is -0.0586. The fourth-order valence-electron chi connectivity index (χ4n) is 3.75. The number of ether oxygens (including phenoxy) is 2. The summed E-state index contributed by atoms with van der Waals surface area (Å²) in [5.41, 5.74) is 1.74. The predicted octanol–water partition coefficient (Wildman–Crippen LogP) is 4.67. The maximum absolute atomic E-state index is 12.8. The molecule has 1 saturated heterocycles. The van der Waals surface area contributed by atoms with Gasteiger partial charge in [0, 0.05) is 24.0 Å². The molecule has 0 aromatic heterocycles. The normalized spacial score (nSPS) is 19.6. The average molecular weight is 375 g/mol. The summed E-state index contributed by atoms with van der Waals surface area (Å²) in [5.74, 6) is 0.929. The van der Waals surface area contributed by atoms with Gasteiger partial charge in [0.1, 0.15) is 12.4 Å². The van der Waals surface area contributed by atoms with Crippen molar-refractivity contribution in [1.29, 1.82) is 0 Å². The Labute approximate surface area is 165 Å². The number of carbonyl (C=O) groups is 1. The van der Waals surface area contributed by atoms with Crippen molar-refractivity contribution >= 4 is 16.7 Å². The fourth-order valence-corrected chi connectivity index (χ4v) is 3.75. The largest absolute Gasteiger partial charge is 0.488 e. The van der Waals surface area contributed by atoms with Gasteiger partial charge in [0.05, 0.1) is 12.2 Å². The Morgan fingerprint density at radius 1 is 0.964 bits per heavy atom. The van der Waals surface area contributed by atoms with Crippen LogP contribution >= 0.6 is 0 Å². The second-order valence-corrected chi connectivity index (χ2v) is 7.43. The van der Waals surface area contributed by atoms with Crippen molar-refractivity contribution in [2.75, 3.05) is 13.1 Å². The molecular formula is C24H25NO3. The van der Waals surface area contributed by atoms with Gasteiger partial charge in [-0.1, -0.05) is 48.5 Å². The van der Waals surface area contributed by atoms with Gasteiger partial charge in [-0.2, -0.15) is 0 Å². The first-order valence-corrected chi connectivity index (χ1v) is 9.74. The molecule has 1 aliphatic heterocycles. The molecule has 0 unspecified atom stereocenters. The Morgan fingerprint density at radius 3 is 2.39 bits per heavy atom. The summed E-state index contributed by atoms with van der Waals surface area (Å²) in [4.78, 5) is 14.6. The Balaban J connectivity index is 1.42. The minimum atomic E-state index is 0.0588. The zero-order chi connectivity index (χ0) is 19.5. The number of amides is 1. The number of benzene rings is 3. The quantitative estimate of drug-likeness (QED) is 0.665. The van der Waals surface area contributed by atoms with Crippen LogP contribution in [0.15, 0.2) is 66.7 Å². The lowest BCUT2D eigenvalue weighted by Gasteiger charge is -2.35. The molecule has 1 heterocycles. The van der Waals surface area contributed by atoms with Gasteiger partial charge >= 0.3 is 0 Å². The van der Waals surface area contributed by atoms with Crippen molar-refractivity contribution < 1.29 is 14.3 Å². The lowest BCUT2D eigenvalue weighted by atomic mass is 10.1. The van der Waals surface area contributed by atoms with Gasteiger partial charge in [-0.25, -0.2) is 0 Å². The number of fused-ring (bicyclic) bond motifs is 1. The van der Waals surface area contributed by atoms with Crippen LogP contribution < -0.4 is 4.74 Å². The predicted molar refractivity (Wildman–Crippen MR) is 111 cm³/mol. The molecule has 3 aromatic rings. The van der Waals surface area contributed by atoms with E-state index in [9.17, 15) is 4.79 Å². The number of rotatable bonds is 4. The molecule has 4 nitrogen and oxygen atoms in total. The molecule has 4 heteroatoms. The molecule has 28 heavy (non-hydrogen) atoms. The van der Waals surface area contributed by atoms with Crippen LogP contribution in [-0.2, 0) is 11.3 Å². The van der Waals surface area contributed by atoms with Crippen molar-refractivity contribution in [2.45, 2.75) is 32.7 Å². The molecule has 0 aliphatic carbocycles. The summed E-state index contributed by atoms with van der Waals surface area (Å²) in [5, 5.41) is 2.27. The van der Waals surface area contributed by atoms with Crippen LogP contribution in [0.2, 0.25) is 0 Å². The molecule has 4 rings (SSSR count). The topological polar surface area (TPSA) is 38.8 Å². The van der Waals surface area contributed by atoms with Crippen LogP contribution in [0.4, 0.5) is 0 Å². The third-order valence-corrected chi connectivity index (χ3v) is 5.05. The van der Waals surface area contributed by atoms with Gasteiger partial charge in [0.25, 0.3) is 5.91 Å². The third-order valence-electron chi connectivity index (χ3n) is 5.05. The minimum Gasteiger partial charge on any atom is -0.488 e. The van der Waals surface area contributed by atoms with E-state index in [1.165, 1.54) is 0 Å². The van der Waals surface area contributed by atoms with Gasteiger partial charge in [0.15, 0.2) is 0 Å². The minimum absolute atomic E-state index is 0.0588. The summed E-state index contributed by atoms with van der Waals surface area (Å²) < 4.78 is 11.8. The van der Waals surface area contributed by atoms with Crippen LogP contribution in [0, 0.1) is 0 Å². The van der Waals surface area contributed by atoms with Crippen molar-refractivity contribution in [2.24, 2.45) is 0 Å². The molecule has 144 valence electrons.